The van der Waals surface area contributed by atoms with Crippen LogP contribution in [0.4, 0.5) is 0 Å². The number of nitrogens with zero attached hydrogens (tertiary/aromatic N) is 1. The second-order valence-corrected chi connectivity index (χ2v) is 6.88. The number of allylic oxidation sites excluding steroid dienone is 4. The highest BCUT2D eigenvalue weighted by molar-refractivity contribution is 6.30. The van der Waals surface area contributed by atoms with Crippen molar-refractivity contribution in [3.8, 4) is 0 Å². The van der Waals surface area contributed by atoms with Gasteiger partial charge in [0.2, 0.25) is 0 Å². The summed E-state index contributed by atoms with van der Waals surface area (Å²) in [5.41, 5.74) is 2.79. The van der Waals surface area contributed by atoms with E-state index in [1.165, 1.54) is 6.42 Å². The standard InChI is InChI=1S/C21H22ClNO2.C3H8/c1-3-4-6-15(2)20(24)19(13-16-8-10-18(22)11-9-16)21(25)17-7-5-12-23-14-17;1-3-2/h3-12,14,21,24-25H,13H2,1-2H3;3H2,1-2H3/b4-3-,15-6+,20-19+;. The Labute approximate surface area is 173 Å². The van der Waals surface area contributed by atoms with Crippen LogP contribution in [-0.4, -0.2) is 15.2 Å². The number of aliphatic hydroxyl groups is 2. The smallest absolute Gasteiger partial charge is 0.120 e. The summed E-state index contributed by atoms with van der Waals surface area (Å²) in [4.78, 5) is 4.05. The summed E-state index contributed by atoms with van der Waals surface area (Å²) in [5, 5.41) is 22.2. The summed E-state index contributed by atoms with van der Waals surface area (Å²) in [7, 11) is 0. The zero-order valence-electron chi connectivity index (χ0n) is 17.1. The molecule has 3 nitrogen and oxygen atoms in total. The molecular formula is C24H30ClNO2. The number of aromatic nitrogens is 1. The van der Waals surface area contributed by atoms with E-state index in [0.29, 0.717) is 28.2 Å². The van der Waals surface area contributed by atoms with Gasteiger partial charge in [-0.15, -0.1) is 0 Å². The van der Waals surface area contributed by atoms with Gasteiger partial charge in [-0.1, -0.05) is 68.3 Å². The van der Waals surface area contributed by atoms with Crippen molar-refractivity contribution in [2.75, 3.05) is 0 Å². The Morgan fingerprint density at radius 2 is 1.82 bits per heavy atom. The average Bonchev–Trinajstić information content (AvgIpc) is 2.71. The molecule has 1 heterocycles. The van der Waals surface area contributed by atoms with E-state index in [-0.39, 0.29) is 5.76 Å². The first-order chi connectivity index (χ1) is 13.4. The quantitative estimate of drug-likeness (QED) is 0.416. The van der Waals surface area contributed by atoms with Crippen molar-refractivity contribution in [3.63, 3.8) is 0 Å². The molecule has 28 heavy (non-hydrogen) atoms. The fourth-order valence-electron chi connectivity index (χ4n) is 2.44. The molecular weight excluding hydrogens is 370 g/mol. The summed E-state index contributed by atoms with van der Waals surface area (Å²) >= 11 is 5.94. The fraction of sp³-hybridized carbons (Fsp3) is 0.292. The number of rotatable bonds is 6. The second kappa shape index (κ2) is 12.9. The number of hydrogen-bond acceptors (Lipinski definition) is 3. The molecule has 1 atom stereocenters. The summed E-state index contributed by atoms with van der Waals surface area (Å²) < 4.78 is 0. The van der Waals surface area contributed by atoms with Gasteiger partial charge in [0.05, 0.1) is 0 Å². The van der Waals surface area contributed by atoms with Gasteiger partial charge in [-0.3, -0.25) is 4.98 Å². The molecule has 2 aromatic rings. The van der Waals surface area contributed by atoms with Gasteiger partial charge in [-0.25, -0.2) is 0 Å². The lowest BCUT2D eigenvalue weighted by Crippen LogP contribution is -2.09. The number of hydrogen-bond donors (Lipinski definition) is 2. The first-order valence-electron chi connectivity index (χ1n) is 9.48. The van der Waals surface area contributed by atoms with Gasteiger partial charge < -0.3 is 10.2 Å². The van der Waals surface area contributed by atoms with E-state index < -0.39 is 6.10 Å². The maximum Gasteiger partial charge on any atom is 0.120 e. The molecule has 0 bridgehead atoms. The van der Waals surface area contributed by atoms with Crippen LogP contribution in [0.5, 0.6) is 0 Å². The molecule has 1 aromatic heterocycles. The third kappa shape index (κ3) is 7.71. The molecule has 4 heteroatoms. The van der Waals surface area contributed by atoms with E-state index in [1.807, 2.05) is 44.2 Å². The monoisotopic (exact) mass is 399 g/mol. The van der Waals surface area contributed by atoms with Crippen molar-refractivity contribution < 1.29 is 10.2 Å². The van der Waals surface area contributed by atoms with E-state index in [9.17, 15) is 10.2 Å². The number of pyridine rings is 1. The lowest BCUT2D eigenvalue weighted by Gasteiger charge is -2.18. The maximum absolute atomic E-state index is 10.8. The van der Waals surface area contributed by atoms with E-state index in [0.717, 1.165) is 5.56 Å². The molecule has 1 aromatic carbocycles. The van der Waals surface area contributed by atoms with E-state index in [4.69, 9.17) is 11.6 Å². The largest absolute Gasteiger partial charge is 0.508 e. The van der Waals surface area contributed by atoms with Crippen molar-refractivity contribution in [3.05, 3.63) is 100 Å². The molecule has 0 saturated heterocycles. The molecule has 0 aliphatic heterocycles. The van der Waals surface area contributed by atoms with Crippen molar-refractivity contribution >= 4 is 11.6 Å². The molecule has 150 valence electrons. The third-order valence-corrected chi connectivity index (χ3v) is 4.11. The molecule has 0 aliphatic rings. The Morgan fingerprint density at radius 3 is 2.36 bits per heavy atom. The van der Waals surface area contributed by atoms with E-state index >= 15 is 0 Å². The van der Waals surface area contributed by atoms with Gasteiger partial charge in [0.15, 0.2) is 0 Å². The van der Waals surface area contributed by atoms with Crippen LogP contribution in [0, 0.1) is 0 Å². The lowest BCUT2D eigenvalue weighted by atomic mass is 9.93. The van der Waals surface area contributed by atoms with Gasteiger partial charge in [0.1, 0.15) is 11.9 Å². The second-order valence-electron chi connectivity index (χ2n) is 6.45. The van der Waals surface area contributed by atoms with Crippen LogP contribution in [0.25, 0.3) is 0 Å². The minimum Gasteiger partial charge on any atom is -0.508 e. The molecule has 0 fully saturated rings. The number of benzene rings is 1. The van der Waals surface area contributed by atoms with Gasteiger partial charge >= 0.3 is 0 Å². The molecule has 0 spiro atoms. The van der Waals surface area contributed by atoms with Crippen LogP contribution < -0.4 is 0 Å². The topological polar surface area (TPSA) is 53.4 Å². The first kappa shape index (κ1) is 23.7. The highest BCUT2D eigenvalue weighted by Crippen LogP contribution is 2.29. The Hall–Kier alpha value is -2.36. The van der Waals surface area contributed by atoms with Crippen molar-refractivity contribution in [2.45, 2.75) is 46.6 Å². The van der Waals surface area contributed by atoms with Crippen LogP contribution in [0.1, 0.15) is 51.3 Å². The Bertz CT molecular complexity index is 793. The fourth-order valence-corrected chi connectivity index (χ4v) is 2.57. The lowest BCUT2D eigenvalue weighted by molar-refractivity contribution is 0.204. The minimum absolute atomic E-state index is 0.0874. The van der Waals surface area contributed by atoms with Crippen molar-refractivity contribution in [2.24, 2.45) is 0 Å². The predicted octanol–water partition coefficient (Wildman–Crippen LogP) is 6.76. The summed E-state index contributed by atoms with van der Waals surface area (Å²) in [6.45, 7) is 7.97. The SMILES string of the molecule is CCC.C\C=C/C=C(C)/C(O)=C(/Cc1ccc(Cl)cc1)C(O)c1cccnc1. The summed E-state index contributed by atoms with van der Waals surface area (Å²) in [5.74, 6) is 0.0874. The molecule has 0 saturated carbocycles. The van der Waals surface area contributed by atoms with Crippen LogP contribution in [0.15, 0.2) is 83.9 Å². The Balaban J connectivity index is 0.00000122. The molecule has 0 radical (unpaired) electrons. The minimum atomic E-state index is -0.946. The zero-order chi connectivity index (χ0) is 20.9. The van der Waals surface area contributed by atoms with E-state index in [2.05, 4.69) is 18.8 Å². The predicted molar refractivity (Wildman–Crippen MR) is 119 cm³/mol. The number of aliphatic hydroxyl groups excluding tert-OH is 2. The highest BCUT2D eigenvalue weighted by atomic mass is 35.5. The van der Waals surface area contributed by atoms with Crippen molar-refractivity contribution in [1.29, 1.82) is 0 Å². The van der Waals surface area contributed by atoms with Crippen LogP contribution in [0.3, 0.4) is 0 Å². The molecule has 2 rings (SSSR count). The van der Waals surface area contributed by atoms with Gasteiger partial charge in [0.25, 0.3) is 0 Å². The highest BCUT2D eigenvalue weighted by Gasteiger charge is 2.19. The van der Waals surface area contributed by atoms with Gasteiger partial charge in [-0.2, -0.15) is 0 Å². The van der Waals surface area contributed by atoms with Crippen LogP contribution in [-0.2, 0) is 6.42 Å². The molecule has 1 unspecified atom stereocenters. The van der Waals surface area contributed by atoms with Gasteiger partial charge in [0, 0.05) is 35.0 Å². The van der Waals surface area contributed by atoms with E-state index in [1.54, 1.807) is 36.7 Å². The summed E-state index contributed by atoms with van der Waals surface area (Å²) in [6.07, 6.45) is 9.50. The molecule has 2 N–H and O–H groups in total. The van der Waals surface area contributed by atoms with Crippen LogP contribution in [0.2, 0.25) is 5.02 Å². The normalized spacial score (nSPS) is 13.6. The van der Waals surface area contributed by atoms with Crippen molar-refractivity contribution in [1.82, 2.24) is 4.98 Å². The zero-order valence-corrected chi connectivity index (χ0v) is 17.8. The Kier molecular flexibility index (Phi) is 10.9. The number of halogens is 1. The Morgan fingerprint density at radius 1 is 1.18 bits per heavy atom. The third-order valence-electron chi connectivity index (χ3n) is 3.85. The van der Waals surface area contributed by atoms with Crippen LogP contribution >= 0.6 is 11.6 Å². The first-order valence-corrected chi connectivity index (χ1v) is 9.86. The molecule has 0 aliphatic carbocycles. The maximum atomic E-state index is 10.8. The average molecular weight is 400 g/mol. The van der Waals surface area contributed by atoms with Gasteiger partial charge in [-0.05, 0) is 43.2 Å². The molecule has 0 amide bonds. The summed E-state index contributed by atoms with van der Waals surface area (Å²) in [6, 6.07) is 10.9.